The summed E-state index contributed by atoms with van der Waals surface area (Å²) < 4.78 is 5.48. The second-order valence-corrected chi connectivity index (χ2v) is 4.32. The second kappa shape index (κ2) is 4.02. The van der Waals surface area contributed by atoms with Gasteiger partial charge in [-0.25, -0.2) is 0 Å². The molecular weight excluding hydrogens is 186 g/mol. The summed E-state index contributed by atoms with van der Waals surface area (Å²) in [6.07, 6.45) is 2.70. The average Bonchev–Trinajstić information content (AvgIpc) is 2.71. The maximum absolute atomic E-state index is 5.48. The van der Waals surface area contributed by atoms with Crippen LogP contribution in [0.25, 0.3) is 0 Å². The highest BCUT2D eigenvalue weighted by molar-refractivity contribution is 7.15. The minimum absolute atomic E-state index is 0.365. The van der Waals surface area contributed by atoms with Gasteiger partial charge in [0.25, 0.3) is 0 Å². The number of hydrogen-bond donors (Lipinski definition) is 1. The lowest BCUT2D eigenvalue weighted by atomic mass is 10.2. The number of nitrogens with zero attached hydrogens (tertiary/aromatic N) is 2. The van der Waals surface area contributed by atoms with Gasteiger partial charge in [0.15, 0.2) is 0 Å². The van der Waals surface area contributed by atoms with E-state index >= 15 is 0 Å². The zero-order chi connectivity index (χ0) is 9.10. The van der Waals surface area contributed by atoms with E-state index in [1.54, 1.807) is 11.3 Å². The summed E-state index contributed by atoms with van der Waals surface area (Å²) in [7, 11) is 0. The maximum atomic E-state index is 5.48. The molecule has 1 saturated heterocycles. The van der Waals surface area contributed by atoms with Gasteiger partial charge in [0.05, 0.1) is 6.10 Å². The van der Waals surface area contributed by atoms with Crippen LogP contribution in [0.2, 0.25) is 0 Å². The Morgan fingerprint density at radius 3 is 3.15 bits per heavy atom. The standard InChI is InChI=1S/C8H13N3OS/c1-6-10-11-8(13-6)9-5-7-3-2-4-12-7/h7H,2-5H2,1H3,(H,9,11). The molecule has 4 nitrogen and oxygen atoms in total. The summed E-state index contributed by atoms with van der Waals surface area (Å²) in [4.78, 5) is 0. The first-order chi connectivity index (χ1) is 6.34. The van der Waals surface area contributed by atoms with Crippen molar-refractivity contribution < 1.29 is 4.74 Å². The van der Waals surface area contributed by atoms with Crippen molar-refractivity contribution in [3.63, 3.8) is 0 Å². The Labute approximate surface area is 81.3 Å². The van der Waals surface area contributed by atoms with Crippen LogP contribution in [0.1, 0.15) is 17.8 Å². The molecular formula is C8H13N3OS. The fourth-order valence-electron chi connectivity index (χ4n) is 1.37. The number of nitrogens with one attached hydrogen (secondary N) is 1. The zero-order valence-electron chi connectivity index (χ0n) is 7.62. The van der Waals surface area contributed by atoms with E-state index in [1.807, 2.05) is 6.92 Å². The van der Waals surface area contributed by atoms with Crippen LogP contribution in [0.4, 0.5) is 5.13 Å². The lowest BCUT2D eigenvalue weighted by Crippen LogP contribution is -2.18. The number of aromatic nitrogens is 2. The van der Waals surface area contributed by atoms with Crippen LogP contribution >= 0.6 is 11.3 Å². The summed E-state index contributed by atoms with van der Waals surface area (Å²) >= 11 is 1.58. The lowest BCUT2D eigenvalue weighted by molar-refractivity contribution is 0.120. The van der Waals surface area contributed by atoms with Crippen LogP contribution in [0.5, 0.6) is 0 Å². The summed E-state index contributed by atoms with van der Waals surface area (Å²) in [5.41, 5.74) is 0. The first kappa shape index (κ1) is 8.90. The molecule has 0 amide bonds. The van der Waals surface area contributed by atoms with Crippen LogP contribution < -0.4 is 5.32 Å². The Hall–Kier alpha value is -0.680. The molecule has 0 aromatic carbocycles. The average molecular weight is 199 g/mol. The van der Waals surface area contributed by atoms with Crippen LogP contribution in [-0.4, -0.2) is 29.5 Å². The Morgan fingerprint density at radius 2 is 2.54 bits per heavy atom. The highest BCUT2D eigenvalue weighted by atomic mass is 32.1. The molecule has 72 valence electrons. The molecule has 1 N–H and O–H groups in total. The quantitative estimate of drug-likeness (QED) is 0.800. The van der Waals surface area contributed by atoms with Crippen molar-refractivity contribution in [3.05, 3.63) is 5.01 Å². The van der Waals surface area contributed by atoms with E-state index in [9.17, 15) is 0 Å². The van der Waals surface area contributed by atoms with E-state index < -0.39 is 0 Å². The van der Waals surface area contributed by atoms with Crippen LogP contribution in [-0.2, 0) is 4.74 Å². The SMILES string of the molecule is Cc1nnc(NCC2CCCO2)s1. The second-order valence-electron chi connectivity index (χ2n) is 3.14. The van der Waals surface area contributed by atoms with Gasteiger partial charge < -0.3 is 10.1 Å². The highest BCUT2D eigenvalue weighted by Crippen LogP contribution is 2.16. The predicted molar refractivity (Wildman–Crippen MR) is 52.1 cm³/mol. The molecule has 1 aromatic heterocycles. The third-order valence-corrected chi connectivity index (χ3v) is 2.83. The fraction of sp³-hybridized carbons (Fsp3) is 0.750. The van der Waals surface area contributed by atoms with Crippen molar-refractivity contribution in [1.82, 2.24) is 10.2 Å². The van der Waals surface area contributed by atoms with Gasteiger partial charge in [-0.3, -0.25) is 0 Å². The van der Waals surface area contributed by atoms with E-state index in [0.717, 1.165) is 29.7 Å². The zero-order valence-corrected chi connectivity index (χ0v) is 8.43. The number of rotatable bonds is 3. The molecule has 0 radical (unpaired) electrons. The summed E-state index contributed by atoms with van der Waals surface area (Å²) in [6, 6.07) is 0. The maximum Gasteiger partial charge on any atom is 0.205 e. The molecule has 1 unspecified atom stereocenters. The van der Waals surface area contributed by atoms with Crippen molar-refractivity contribution in [3.8, 4) is 0 Å². The summed E-state index contributed by atoms with van der Waals surface area (Å²) in [6.45, 7) is 3.71. The molecule has 1 fully saturated rings. The smallest absolute Gasteiger partial charge is 0.205 e. The Morgan fingerprint density at radius 1 is 1.62 bits per heavy atom. The summed E-state index contributed by atoms with van der Waals surface area (Å²) in [5, 5.41) is 13.0. The lowest BCUT2D eigenvalue weighted by Gasteiger charge is -2.08. The minimum atomic E-state index is 0.365. The van der Waals surface area contributed by atoms with E-state index in [-0.39, 0.29) is 0 Å². The monoisotopic (exact) mass is 199 g/mol. The van der Waals surface area contributed by atoms with E-state index in [4.69, 9.17) is 4.74 Å². The highest BCUT2D eigenvalue weighted by Gasteiger charge is 2.15. The van der Waals surface area contributed by atoms with Gasteiger partial charge in [0, 0.05) is 13.2 Å². The molecule has 2 rings (SSSR count). The molecule has 0 aliphatic carbocycles. The van der Waals surface area contributed by atoms with Gasteiger partial charge in [-0.15, -0.1) is 10.2 Å². The molecule has 1 atom stereocenters. The molecule has 1 aromatic rings. The van der Waals surface area contributed by atoms with Crippen LogP contribution in [0.15, 0.2) is 0 Å². The van der Waals surface area contributed by atoms with Gasteiger partial charge in [-0.05, 0) is 19.8 Å². The first-order valence-corrected chi connectivity index (χ1v) is 5.32. The van der Waals surface area contributed by atoms with Gasteiger partial charge in [-0.2, -0.15) is 0 Å². The molecule has 0 spiro atoms. The number of hydrogen-bond acceptors (Lipinski definition) is 5. The molecule has 0 bridgehead atoms. The van der Waals surface area contributed by atoms with Crippen molar-refractivity contribution >= 4 is 16.5 Å². The van der Waals surface area contributed by atoms with E-state index in [1.165, 1.54) is 6.42 Å². The normalized spacial score (nSPS) is 22.1. The molecule has 1 aliphatic heterocycles. The predicted octanol–water partition coefficient (Wildman–Crippen LogP) is 1.44. The van der Waals surface area contributed by atoms with E-state index in [0.29, 0.717) is 6.10 Å². The van der Waals surface area contributed by atoms with E-state index in [2.05, 4.69) is 15.5 Å². The van der Waals surface area contributed by atoms with Crippen LogP contribution in [0.3, 0.4) is 0 Å². The molecule has 1 aliphatic rings. The third kappa shape index (κ3) is 2.38. The Bertz CT molecular complexity index is 270. The van der Waals surface area contributed by atoms with Gasteiger partial charge in [0.2, 0.25) is 5.13 Å². The topological polar surface area (TPSA) is 47.0 Å². The van der Waals surface area contributed by atoms with Crippen molar-refractivity contribution in [2.75, 3.05) is 18.5 Å². The first-order valence-electron chi connectivity index (χ1n) is 4.50. The van der Waals surface area contributed by atoms with Crippen LogP contribution in [0, 0.1) is 6.92 Å². The van der Waals surface area contributed by atoms with Gasteiger partial charge in [0.1, 0.15) is 5.01 Å². The third-order valence-electron chi connectivity index (χ3n) is 2.03. The Balaban J connectivity index is 1.78. The van der Waals surface area contributed by atoms with Crippen molar-refractivity contribution in [2.24, 2.45) is 0 Å². The molecule has 2 heterocycles. The molecule has 5 heteroatoms. The van der Waals surface area contributed by atoms with Gasteiger partial charge in [-0.1, -0.05) is 11.3 Å². The number of aryl methyl sites for hydroxylation is 1. The number of anilines is 1. The van der Waals surface area contributed by atoms with Crippen molar-refractivity contribution in [1.29, 1.82) is 0 Å². The summed E-state index contributed by atoms with van der Waals surface area (Å²) in [5.74, 6) is 0. The van der Waals surface area contributed by atoms with Gasteiger partial charge >= 0.3 is 0 Å². The number of ether oxygens (including phenoxy) is 1. The fourth-order valence-corrected chi connectivity index (χ4v) is 1.97. The Kier molecular flexibility index (Phi) is 2.75. The largest absolute Gasteiger partial charge is 0.376 e. The molecule has 0 saturated carbocycles. The molecule has 13 heavy (non-hydrogen) atoms. The van der Waals surface area contributed by atoms with Crippen molar-refractivity contribution in [2.45, 2.75) is 25.9 Å². The minimum Gasteiger partial charge on any atom is -0.376 e.